The first kappa shape index (κ1) is 20.0. The Morgan fingerprint density at radius 3 is 2.58 bits per heavy atom. The lowest BCUT2D eigenvalue weighted by Crippen LogP contribution is -2.19. The molecule has 140 valence electrons. The number of ether oxygens (including phenoxy) is 1. The van der Waals surface area contributed by atoms with Gasteiger partial charge < -0.3 is 20.4 Å². The van der Waals surface area contributed by atoms with Crippen molar-refractivity contribution >= 4 is 33.6 Å². The van der Waals surface area contributed by atoms with Gasteiger partial charge in [0.1, 0.15) is 17.3 Å². The molecule has 2 aromatic rings. The van der Waals surface area contributed by atoms with Gasteiger partial charge in [-0.2, -0.15) is 0 Å². The Hall–Kier alpha value is -2.28. The molecule has 1 aromatic carbocycles. The summed E-state index contributed by atoms with van der Waals surface area (Å²) in [4.78, 5) is 24.5. The number of aryl methyl sites for hydroxylation is 1. The highest BCUT2D eigenvalue weighted by Crippen LogP contribution is 2.27. The molecule has 0 radical (unpaired) electrons. The van der Waals surface area contributed by atoms with Crippen molar-refractivity contribution in [1.82, 2.24) is 4.57 Å². The van der Waals surface area contributed by atoms with E-state index in [1.165, 1.54) is 0 Å². The number of rotatable bonds is 8. The first-order valence-corrected chi connectivity index (χ1v) is 9.40. The van der Waals surface area contributed by atoms with Crippen molar-refractivity contribution in [3.05, 3.63) is 45.6 Å². The predicted molar refractivity (Wildman–Crippen MR) is 106 cm³/mol. The molecule has 0 bridgehead atoms. The third-order valence-electron chi connectivity index (χ3n) is 3.96. The van der Waals surface area contributed by atoms with Crippen molar-refractivity contribution < 1.29 is 14.3 Å². The van der Waals surface area contributed by atoms with E-state index >= 15 is 0 Å². The molecule has 0 unspecified atom stereocenters. The van der Waals surface area contributed by atoms with Crippen molar-refractivity contribution in [3.8, 4) is 5.75 Å². The first-order valence-electron chi connectivity index (χ1n) is 8.61. The van der Waals surface area contributed by atoms with Crippen LogP contribution in [0.2, 0.25) is 0 Å². The number of halogens is 1. The van der Waals surface area contributed by atoms with Gasteiger partial charge in [-0.1, -0.05) is 36.2 Å². The summed E-state index contributed by atoms with van der Waals surface area (Å²) < 4.78 is 8.09. The van der Waals surface area contributed by atoms with Crippen LogP contribution in [0.4, 0.5) is 5.82 Å². The summed E-state index contributed by atoms with van der Waals surface area (Å²) in [6.45, 7) is 4.57. The topological polar surface area (TPSA) is 86.3 Å². The number of amides is 2. The predicted octanol–water partition coefficient (Wildman–Crippen LogP) is 3.88. The van der Waals surface area contributed by atoms with E-state index in [2.05, 4.69) is 21.2 Å². The number of anilines is 1. The smallest absolute Gasteiger partial charge is 0.265 e. The Kier molecular flexibility index (Phi) is 6.85. The van der Waals surface area contributed by atoms with Gasteiger partial charge in [0.05, 0.1) is 12.2 Å². The van der Waals surface area contributed by atoms with Gasteiger partial charge in [-0.3, -0.25) is 9.59 Å². The highest BCUT2D eigenvalue weighted by atomic mass is 79.9. The molecule has 0 spiro atoms. The highest BCUT2D eigenvalue weighted by molar-refractivity contribution is 9.10. The van der Waals surface area contributed by atoms with Crippen molar-refractivity contribution in [2.45, 2.75) is 33.1 Å². The maximum absolute atomic E-state index is 12.9. The molecule has 6 nitrogen and oxygen atoms in total. The molecule has 0 aliphatic heterocycles. The quantitative estimate of drug-likeness (QED) is 0.677. The van der Waals surface area contributed by atoms with Crippen LogP contribution in [0.5, 0.6) is 5.75 Å². The van der Waals surface area contributed by atoms with Crippen LogP contribution in [0.3, 0.4) is 0 Å². The number of hydrogen-bond acceptors (Lipinski definition) is 3. The summed E-state index contributed by atoms with van der Waals surface area (Å²) in [5.41, 5.74) is 7.10. The van der Waals surface area contributed by atoms with Crippen LogP contribution < -0.4 is 15.8 Å². The van der Waals surface area contributed by atoms with Crippen LogP contribution in [-0.2, 0) is 13.5 Å². The number of aromatic nitrogens is 1. The lowest BCUT2D eigenvalue weighted by atomic mass is 10.1. The van der Waals surface area contributed by atoms with Gasteiger partial charge in [-0.25, -0.2) is 0 Å². The zero-order valence-electron chi connectivity index (χ0n) is 15.3. The normalized spacial score (nSPS) is 10.6. The lowest BCUT2D eigenvalue weighted by Gasteiger charge is -2.14. The van der Waals surface area contributed by atoms with E-state index in [0.29, 0.717) is 29.4 Å². The number of carbonyl (C=O) groups excluding carboxylic acids is 2. The van der Waals surface area contributed by atoms with E-state index < -0.39 is 5.91 Å². The molecule has 3 N–H and O–H groups in total. The average Bonchev–Trinajstić information content (AvgIpc) is 2.90. The maximum Gasteiger partial charge on any atom is 0.265 e. The first-order chi connectivity index (χ1) is 12.4. The van der Waals surface area contributed by atoms with Crippen molar-refractivity contribution in [2.75, 3.05) is 11.9 Å². The highest BCUT2D eigenvalue weighted by Gasteiger charge is 2.20. The summed E-state index contributed by atoms with van der Waals surface area (Å²) in [6, 6.07) is 7.05. The molecule has 0 fully saturated rings. The summed E-state index contributed by atoms with van der Waals surface area (Å²) in [5.74, 6) is 0.271. The van der Waals surface area contributed by atoms with Gasteiger partial charge in [0.25, 0.3) is 11.8 Å². The molecule has 7 heteroatoms. The fourth-order valence-electron chi connectivity index (χ4n) is 2.72. The van der Waals surface area contributed by atoms with Crippen LogP contribution >= 0.6 is 15.9 Å². The minimum atomic E-state index is -0.528. The Balaban J connectivity index is 2.38. The summed E-state index contributed by atoms with van der Waals surface area (Å²) >= 11 is 3.39. The molecular formula is C19H24BrN3O3. The minimum absolute atomic E-state index is 0.299. The summed E-state index contributed by atoms with van der Waals surface area (Å²) in [6.07, 6.45) is 2.46. The molecule has 2 amide bonds. The Morgan fingerprint density at radius 2 is 1.96 bits per heavy atom. The molecule has 0 atom stereocenters. The molecule has 0 saturated heterocycles. The monoisotopic (exact) mass is 421 g/mol. The lowest BCUT2D eigenvalue weighted by molar-refractivity contribution is 0.0987. The van der Waals surface area contributed by atoms with Crippen LogP contribution in [-0.4, -0.2) is 23.0 Å². The van der Waals surface area contributed by atoms with Crippen molar-refractivity contribution in [1.29, 1.82) is 0 Å². The van der Waals surface area contributed by atoms with E-state index in [9.17, 15) is 9.59 Å². The largest absolute Gasteiger partial charge is 0.493 e. The zero-order chi connectivity index (χ0) is 19.3. The Morgan fingerprint density at radius 1 is 1.23 bits per heavy atom. The molecule has 0 aliphatic carbocycles. The number of nitrogens with one attached hydrogen (secondary N) is 1. The number of benzene rings is 1. The van der Waals surface area contributed by atoms with E-state index in [0.717, 1.165) is 29.3 Å². The Labute approximate surface area is 161 Å². The molecule has 0 saturated carbocycles. The maximum atomic E-state index is 12.9. The van der Waals surface area contributed by atoms with Gasteiger partial charge in [0.15, 0.2) is 0 Å². The molecular weight excluding hydrogens is 398 g/mol. The van der Waals surface area contributed by atoms with Crippen LogP contribution in [0, 0.1) is 0 Å². The zero-order valence-corrected chi connectivity index (χ0v) is 16.9. The van der Waals surface area contributed by atoms with Crippen molar-refractivity contribution in [2.24, 2.45) is 12.8 Å². The SMILES string of the molecule is CCCOc1ccc(Br)cc1C(=O)Nc1c(CCC)cc(C(N)=O)n1C. The number of carbonyl (C=O) groups is 2. The van der Waals surface area contributed by atoms with Gasteiger partial charge in [-0.15, -0.1) is 0 Å². The standard InChI is InChI=1S/C19H24BrN3O3/c1-4-6-12-10-15(17(21)24)23(3)18(12)22-19(25)14-11-13(20)7-8-16(14)26-9-5-2/h7-8,10-11H,4-6,9H2,1-3H3,(H2,21,24)(H,22,25). The average molecular weight is 422 g/mol. The summed E-state index contributed by atoms with van der Waals surface area (Å²) in [5, 5.41) is 2.91. The van der Waals surface area contributed by atoms with Gasteiger partial charge >= 0.3 is 0 Å². The molecule has 0 aliphatic rings. The van der Waals surface area contributed by atoms with E-state index in [1.807, 2.05) is 19.9 Å². The number of primary amides is 1. The number of nitrogens with two attached hydrogens (primary N) is 1. The summed E-state index contributed by atoms with van der Waals surface area (Å²) in [7, 11) is 1.71. The molecule has 1 aromatic heterocycles. The van der Waals surface area contributed by atoms with Gasteiger partial charge in [0, 0.05) is 11.5 Å². The van der Waals surface area contributed by atoms with Crippen molar-refractivity contribution in [3.63, 3.8) is 0 Å². The minimum Gasteiger partial charge on any atom is -0.493 e. The second kappa shape index (κ2) is 8.89. The van der Waals surface area contributed by atoms with Gasteiger partial charge in [0.2, 0.25) is 0 Å². The van der Waals surface area contributed by atoms with Crippen LogP contribution in [0.15, 0.2) is 28.7 Å². The van der Waals surface area contributed by atoms with Crippen LogP contribution in [0.25, 0.3) is 0 Å². The molecule has 2 rings (SSSR count). The second-order valence-electron chi connectivity index (χ2n) is 6.02. The molecule has 1 heterocycles. The Bertz CT molecular complexity index is 815. The fourth-order valence-corrected chi connectivity index (χ4v) is 3.08. The molecule has 26 heavy (non-hydrogen) atoms. The fraction of sp³-hybridized carbons (Fsp3) is 0.368. The third kappa shape index (κ3) is 4.46. The number of nitrogens with zero attached hydrogens (tertiary/aromatic N) is 1. The van der Waals surface area contributed by atoms with Gasteiger partial charge in [-0.05, 0) is 42.7 Å². The van der Waals surface area contributed by atoms with E-state index in [1.54, 1.807) is 29.8 Å². The number of hydrogen-bond donors (Lipinski definition) is 2. The van der Waals surface area contributed by atoms with E-state index in [4.69, 9.17) is 10.5 Å². The third-order valence-corrected chi connectivity index (χ3v) is 4.46. The van der Waals surface area contributed by atoms with E-state index in [-0.39, 0.29) is 5.91 Å². The van der Waals surface area contributed by atoms with Crippen LogP contribution in [0.1, 0.15) is 53.1 Å². The second-order valence-corrected chi connectivity index (χ2v) is 6.94.